The molecule has 1 N–H and O–H groups in total. The normalized spacial score (nSPS) is 29.8. The highest BCUT2D eigenvalue weighted by molar-refractivity contribution is 5.23. The van der Waals surface area contributed by atoms with Gasteiger partial charge in [0.1, 0.15) is 6.10 Å². The molecule has 3 rings (SSSR count). The van der Waals surface area contributed by atoms with E-state index in [4.69, 9.17) is 4.74 Å². The van der Waals surface area contributed by atoms with E-state index < -0.39 is 17.6 Å². The number of piperidine rings is 1. The summed E-state index contributed by atoms with van der Waals surface area (Å²) >= 11 is 0. The molecule has 1 saturated heterocycles. The second-order valence-electron chi connectivity index (χ2n) is 5.02. The number of fused-ring (bicyclic) bond motifs is 2. The van der Waals surface area contributed by atoms with Crippen LogP contribution < -0.4 is 10.1 Å². The summed E-state index contributed by atoms with van der Waals surface area (Å²) in [5.74, 6) is -0.919. The van der Waals surface area contributed by atoms with Crippen LogP contribution in [0.1, 0.15) is 18.4 Å². The van der Waals surface area contributed by atoms with Gasteiger partial charge in [0.25, 0.3) is 5.88 Å². The molecule has 3 atom stereocenters. The molecule has 1 saturated carbocycles. The predicted molar refractivity (Wildman–Crippen MR) is 58.1 cm³/mol. The number of halogens is 4. The molecular weight excluding hydrogens is 264 g/mol. The maximum Gasteiger partial charge on any atom is 0.417 e. The molecule has 0 unspecified atom stereocenters. The molecule has 0 aromatic carbocycles. The number of hydrogen-bond acceptors (Lipinski definition) is 3. The third kappa shape index (κ3) is 2.39. The zero-order chi connectivity index (χ0) is 13.6. The number of aromatic nitrogens is 1. The van der Waals surface area contributed by atoms with Crippen LogP contribution in [0, 0.1) is 11.7 Å². The second-order valence-corrected chi connectivity index (χ2v) is 5.02. The van der Waals surface area contributed by atoms with E-state index in [0.717, 1.165) is 19.4 Å². The lowest BCUT2D eigenvalue weighted by Gasteiger charge is -2.23. The Bertz CT molecular complexity index is 491. The van der Waals surface area contributed by atoms with Gasteiger partial charge >= 0.3 is 6.18 Å². The van der Waals surface area contributed by atoms with Gasteiger partial charge < -0.3 is 10.1 Å². The fourth-order valence-corrected chi connectivity index (χ4v) is 2.74. The molecule has 0 amide bonds. The van der Waals surface area contributed by atoms with E-state index in [1.54, 1.807) is 0 Å². The Balaban J connectivity index is 1.75. The van der Waals surface area contributed by atoms with Crippen molar-refractivity contribution in [3.63, 3.8) is 0 Å². The molecule has 1 aliphatic carbocycles. The monoisotopic (exact) mass is 276 g/mol. The fourth-order valence-electron chi connectivity index (χ4n) is 2.74. The number of ether oxygens (including phenoxy) is 1. The summed E-state index contributed by atoms with van der Waals surface area (Å²) in [4.78, 5) is 3.45. The number of rotatable bonds is 2. The molecule has 1 aliphatic heterocycles. The van der Waals surface area contributed by atoms with Crippen molar-refractivity contribution in [3.05, 3.63) is 23.6 Å². The van der Waals surface area contributed by atoms with E-state index in [1.165, 1.54) is 0 Å². The van der Waals surface area contributed by atoms with Crippen molar-refractivity contribution in [3.8, 4) is 5.88 Å². The van der Waals surface area contributed by atoms with Crippen LogP contribution in [0.25, 0.3) is 0 Å². The molecular formula is C12H12F4N2O. The summed E-state index contributed by atoms with van der Waals surface area (Å²) in [6.07, 6.45) is -2.45. The Kier molecular flexibility index (Phi) is 2.88. The van der Waals surface area contributed by atoms with Gasteiger partial charge in [-0.25, -0.2) is 9.37 Å². The van der Waals surface area contributed by atoms with Gasteiger partial charge in [-0.2, -0.15) is 13.2 Å². The largest absolute Gasteiger partial charge is 0.471 e. The summed E-state index contributed by atoms with van der Waals surface area (Å²) in [5, 5.41) is 3.23. The molecule has 2 heterocycles. The van der Waals surface area contributed by atoms with Crippen molar-refractivity contribution in [2.45, 2.75) is 31.2 Å². The summed E-state index contributed by atoms with van der Waals surface area (Å²) < 4.78 is 56.1. The number of nitrogens with one attached hydrogen (secondary N) is 1. The van der Waals surface area contributed by atoms with Gasteiger partial charge in [0, 0.05) is 12.2 Å². The second kappa shape index (κ2) is 4.33. The third-order valence-corrected chi connectivity index (χ3v) is 3.67. The van der Waals surface area contributed by atoms with Crippen molar-refractivity contribution in [2.24, 2.45) is 5.92 Å². The Morgan fingerprint density at radius 1 is 1.32 bits per heavy atom. The molecule has 2 aliphatic rings. The van der Waals surface area contributed by atoms with Crippen molar-refractivity contribution < 1.29 is 22.3 Å². The van der Waals surface area contributed by atoms with Crippen LogP contribution in [0.3, 0.4) is 0 Å². The van der Waals surface area contributed by atoms with Gasteiger partial charge in [-0.15, -0.1) is 0 Å². The van der Waals surface area contributed by atoms with Crippen LogP contribution in [0.15, 0.2) is 12.3 Å². The summed E-state index contributed by atoms with van der Waals surface area (Å²) in [6, 6.07) is 0.566. The average molecular weight is 276 g/mol. The number of pyridine rings is 1. The first-order valence-corrected chi connectivity index (χ1v) is 6.06. The molecule has 2 bridgehead atoms. The van der Waals surface area contributed by atoms with Crippen molar-refractivity contribution in [1.82, 2.24) is 10.3 Å². The smallest absolute Gasteiger partial charge is 0.417 e. The molecule has 3 nitrogen and oxygen atoms in total. The quantitative estimate of drug-likeness (QED) is 0.842. The van der Waals surface area contributed by atoms with Gasteiger partial charge in [-0.3, -0.25) is 0 Å². The molecule has 2 fully saturated rings. The summed E-state index contributed by atoms with van der Waals surface area (Å²) in [6.45, 7) is 0.924. The van der Waals surface area contributed by atoms with E-state index in [0.29, 0.717) is 18.2 Å². The number of alkyl halides is 3. The van der Waals surface area contributed by atoms with Gasteiger partial charge in [0.05, 0.1) is 5.56 Å². The summed E-state index contributed by atoms with van der Waals surface area (Å²) in [7, 11) is 0. The molecule has 1 aromatic heterocycles. The van der Waals surface area contributed by atoms with Gasteiger partial charge in [-0.05, 0) is 31.4 Å². The highest BCUT2D eigenvalue weighted by Gasteiger charge is 2.41. The first-order valence-electron chi connectivity index (χ1n) is 6.06. The maximum absolute atomic E-state index is 13.6. The van der Waals surface area contributed by atoms with Crippen LogP contribution in [0.5, 0.6) is 5.88 Å². The highest BCUT2D eigenvalue weighted by Crippen LogP contribution is 2.35. The molecule has 1 aromatic rings. The maximum atomic E-state index is 13.6. The lowest BCUT2D eigenvalue weighted by atomic mass is 10.1. The minimum absolute atomic E-state index is 0.147. The topological polar surface area (TPSA) is 34.1 Å². The minimum Gasteiger partial charge on any atom is -0.471 e. The van der Waals surface area contributed by atoms with Gasteiger partial charge in [-0.1, -0.05) is 0 Å². The van der Waals surface area contributed by atoms with Gasteiger partial charge in [0.2, 0.25) is 0 Å². The highest BCUT2D eigenvalue weighted by atomic mass is 19.4. The number of hydrogen-bond donors (Lipinski definition) is 1. The molecule has 104 valence electrons. The zero-order valence-corrected chi connectivity index (χ0v) is 9.88. The Hall–Kier alpha value is -1.37. The Morgan fingerprint density at radius 2 is 2.11 bits per heavy atom. The molecule has 7 heteroatoms. The number of nitrogens with zero attached hydrogens (tertiary/aromatic N) is 1. The van der Waals surface area contributed by atoms with Crippen LogP contribution in [0.2, 0.25) is 0 Å². The van der Waals surface area contributed by atoms with Crippen LogP contribution >= 0.6 is 0 Å². The van der Waals surface area contributed by atoms with E-state index >= 15 is 0 Å². The SMILES string of the molecule is Fc1cc(C(F)(F)F)cnc1O[C@@H]1C[C@@H]2CN[C@H]1C2. The van der Waals surface area contributed by atoms with E-state index in [-0.39, 0.29) is 18.0 Å². The molecule has 0 radical (unpaired) electrons. The molecule has 19 heavy (non-hydrogen) atoms. The standard InChI is InChI=1S/C12H12F4N2O/c13-8-3-7(12(14,15)16)5-18-11(8)19-10-2-6-1-9(10)17-4-6/h3,5-6,9-10,17H,1-2,4H2/t6-,9+,10-/m1/s1. The Morgan fingerprint density at radius 3 is 2.63 bits per heavy atom. The van der Waals surface area contributed by atoms with E-state index in [1.807, 2.05) is 0 Å². The van der Waals surface area contributed by atoms with E-state index in [9.17, 15) is 17.6 Å². The molecule has 0 spiro atoms. The lowest BCUT2D eigenvalue weighted by molar-refractivity contribution is -0.138. The van der Waals surface area contributed by atoms with Crippen LogP contribution in [0.4, 0.5) is 17.6 Å². The predicted octanol–water partition coefficient (Wildman–Crippen LogP) is 2.37. The van der Waals surface area contributed by atoms with Gasteiger partial charge in [0.15, 0.2) is 5.82 Å². The summed E-state index contributed by atoms with van der Waals surface area (Å²) in [5.41, 5.74) is -1.11. The zero-order valence-electron chi connectivity index (χ0n) is 9.88. The first-order chi connectivity index (χ1) is 8.93. The van der Waals surface area contributed by atoms with Crippen LogP contribution in [-0.4, -0.2) is 23.7 Å². The minimum atomic E-state index is -4.60. The lowest BCUT2D eigenvalue weighted by Crippen LogP contribution is -2.40. The van der Waals surface area contributed by atoms with Crippen molar-refractivity contribution in [2.75, 3.05) is 6.54 Å². The van der Waals surface area contributed by atoms with Crippen molar-refractivity contribution in [1.29, 1.82) is 0 Å². The average Bonchev–Trinajstić information content (AvgIpc) is 2.92. The van der Waals surface area contributed by atoms with E-state index in [2.05, 4.69) is 10.3 Å². The fraction of sp³-hybridized carbons (Fsp3) is 0.583. The first kappa shape index (κ1) is 12.7. The Labute approximate surface area is 107 Å². The van der Waals surface area contributed by atoms with Crippen LogP contribution in [-0.2, 0) is 6.18 Å². The third-order valence-electron chi connectivity index (χ3n) is 3.67. The van der Waals surface area contributed by atoms with Crippen molar-refractivity contribution >= 4 is 0 Å².